The molecule has 2 aromatic heterocycles. The Hall–Kier alpha value is -1.24. The van der Waals surface area contributed by atoms with Gasteiger partial charge in [0.1, 0.15) is 17.0 Å². The second-order valence-corrected chi connectivity index (χ2v) is 7.57. The van der Waals surface area contributed by atoms with Crippen molar-refractivity contribution in [2.24, 2.45) is 0 Å². The smallest absolute Gasteiger partial charge is 0.140 e. The Labute approximate surface area is 133 Å². The Balaban J connectivity index is 1.58. The van der Waals surface area contributed by atoms with Crippen molar-refractivity contribution in [2.75, 3.05) is 24.6 Å². The third-order valence-electron chi connectivity index (χ3n) is 4.96. The molecule has 4 heterocycles. The van der Waals surface area contributed by atoms with Crippen LogP contribution in [0.2, 0.25) is 0 Å². The van der Waals surface area contributed by atoms with Crippen LogP contribution in [0.4, 0.5) is 5.82 Å². The molecule has 1 unspecified atom stereocenters. The van der Waals surface area contributed by atoms with E-state index in [0.717, 1.165) is 61.4 Å². The van der Waals surface area contributed by atoms with Crippen molar-refractivity contribution in [1.82, 2.24) is 9.97 Å². The van der Waals surface area contributed by atoms with Crippen LogP contribution in [0.25, 0.3) is 10.2 Å². The summed E-state index contributed by atoms with van der Waals surface area (Å²) in [5.74, 6) is 1.02. The molecule has 2 aromatic rings. The van der Waals surface area contributed by atoms with Crippen LogP contribution in [-0.4, -0.2) is 46.5 Å². The molecule has 1 N–H and O–H groups in total. The number of aliphatic hydroxyl groups excluding tert-OH is 1. The number of nitrogens with zero attached hydrogens (tertiary/aromatic N) is 3. The molecule has 1 atom stereocenters. The third-order valence-corrected chi connectivity index (χ3v) is 5.92. The lowest BCUT2D eigenvalue weighted by molar-refractivity contribution is -0.164. The number of hydrogen-bond acceptors (Lipinski definition) is 6. The zero-order valence-corrected chi connectivity index (χ0v) is 13.6. The van der Waals surface area contributed by atoms with E-state index in [2.05, 4.69) is 27.9 Å². The average molecular weight is 319 g/mol. The van der Waals surface area contributed by atoms with Crippen molar-refractivity contribution in [3.63, 3.8) is 0 Å². The van der Waals surface area contributed by atoms with E-state index in [9.17, 15) is 5.11 Å². The van der Waals surface area contributed by atoms with Gasteiger partial charge in [0.15, 0.2) is 0 Å². The lowest BCUT2D eigenvalue weighted by atomic mass is 9.82. The molecule has 6 heteroatoms. The van der Waals surface area contributed by atoms with Crippen LogP contribution in [0, 0.1) is 6.92 Å². The maximum atomic E-state index is 10.3. The zero-order chi connectivity index (χ0) is 15.2. The molecule has 2 aliphatic rings. The van der Waals surface area contributed by atoms with Gasteiger partial charge in [-0.25, -0.2) is 9.97 Å². The highest BCUT2D eigenvalue weighted by molar-refractivity contribution is 7.18. The van der Waals surface area contributed by atoms with Gasteiger partial charge in [-0.05, 0) is 38.7 Å². The topological polar surface area (TPSA) is 58.5 Å². The second kappa shape index (κ2) is 5.44. The summed E-state index contributed by atoms with van der Waals surface area (Å²) < 4.78 is 5.99. The Morgan fingerprint density at radius 3 is 2.95 bits per heavy atom. The van der Waals surface area contributed by atoms with E-state index in [1.807, 2.05) is 0 Å². The van der Waals surface area contributed by atoms with Crippen LogP contribution in [0.1, 0.15) is 30.6 Å². The predicted octanol–water partition coefficient (Wildman–Crippen LogP) is 2.51. The molecule has 2 aliphatic heterocycles. The van der Waals surface area contributed by atoms with Gasteiger partial charge in [-0.3, -0.25) is 0 Å². The molecule has 5 nitrogen and oxygen atoms in total. The van der Waals surface area contributed by atoms with Gasteiger partial charge < -0.3 is 14.7 Å². The third kappa shape index (κ3) is 2.30. The average Bonchev–Trinajstić information content (AvgIpc) is 2.91. The van der Waals surface area contributed by atoms with Gasteiger partial charge in [-0.1, -0.05) is 0 Å². The largest absolute Gasteiger partial charge is 0.390 e. The SMILES string of the molecule is Cc1cc2c(N3CCC4(CC3)OCCCC4O)ncnc2s1. The van der Waals surface area contributed by atoms with Gasteiger partial charge in [-0.2, -0.15) is 0 Å². The fraction of sp³-hybridized carbons (Fsp3) is 0.625. The van der Waals surface area contributed by atoms with E-state index in [1.165, 1.54) is 4.88 Å². The first-order valence-corrected chi connectivity index (χ1v) is 8.78. The number of piperidine rings is 1. The number of aromatic nitrogens is 2. The molecule has 0 radical (unpaired) electrons. The fourth-order valence-electron chi connectivity index (χ4n) is 3.70. The summed E-state index contributed by atoms with van der Waals surface area (Å²) in [7, 11) is 0. The summed E-state index contributed by atoms with van der Waals surface area (Å²) in [6.45, 7) is 4.63. The minimum absolute atomic E-state index is 0.322. The lowest BCUT2D eigenvalue weighted by Gasteiger charge is -2.47. The van der Waals surface area contributed by atoms with Crippen LogP contribution in [0.3, 0.4) is 0 Å². The Morgan fingerprint density at radius 1 is 1.36 bits per heavy atom. The number of rotatable bonds is 1. The van der Waals surface area contributed by atoms with Crippen LogP contribution < -0.4 is 4.90 Å². The molecule has 0 aliphatic carbocycles. The number of ether oxygens (including phenoxy) is 1. The van der Waals surface area contributed by atoms with Crippen LogP contribution in [0.15, 0.2) is 12.4 Å². The number of anilines is 1. The summed E-state index contributed by atoms with van der Waals surface area (Å²) in [4.78, 5) is 13.5. The highest BCUT2D eigenvalue weighted by Gasteiger charge is 2.44. The summed E-state index contributed by atoms with van der Waals surface area (Å²) >= 11 is 1.71. The first-order valence-electron chi connectivity index (χ1n) is 7.96. The van der Waals surface area contributed by atoms with Gasteiger partial charge in [0, 0.05) is 24.6 Å². The van der Waals surface area contributed by atoms with Crippen molar-refractivity contribution < 1.29 is 9.84 Å². The zero-order valence-electron chi connectivity index (χ0n) is 12.8. The monoisotopic (exact) mass is 319 g/mol. The van der Waals surface area contributed by atoms with E-state index in [0.29, 0.717) is 0 Å². The van der Waals surface area contributed by atoms with E-state index in [4.69, 9.17) is 4.74 Å². The molecule has 2 saturated heterocycles. The van der Waals surface area contributed by atoms with Crippen molar-refractivity contribution in [3.05, 3.63) is 17.3 Å². The molecule has 0 bridgehead atoms. The molecule has 0 saturated carbocycles. The molecule has 0 amide bonds. The van der Waals surface area contributed by atoms with Gasteiger partial charge in [0.05, 0.1) is 17.1 Å². The first-order chi connectivity index (χ1) is 10.7. The van der Waals surface area contributed by atoms with Crippen LogP contribution in [0.5, 0.6) is 0 Å². The molecule has 118 valence electrons. The van der Waals surface area contributed by atoms with Gasteiger partial charge in [0.2, 0.25) is 0 Å². The Kier molecular flexibility index (Phi) is 3.55. The molecule has 4 rings (SSSR count). The van der Waals surface area contributed by atoms with Crippen LogP contribution >= 0.6 is 11.3 Å². The normalized spacial score (nSPS) is 25.0. The fourth-order valence-corrected chi connectivity index (χ4v) is 4.54. The van der Waals surface area contributed by atoms with Crippen molar-refractivity contribution in [1.29, 1.82) is 0 Å². The number of thiophene rings is 1. The molecule has 0 aromatic carbocycles. The first kappa shape index (κ1) is 14.4. The summed E-state index contributed by atoms with van der Waals surface area (Å²) in [6.07, 6.45) is 4.89. The number of fused-ring (bicyclic) bond motifs is 1. The summed E-state index contributed by atoms with van der Waals surface area (Å²) in [6, 6.07) is 2.17. The van der Waals surface area contributed by atoms with E-state index in [-0.39, 0.29) is 11.7 Å². The number of aliphatic hydroxyl groups is 1. The molecule has 1 spiro atoms. The van der Waals surface area contributed by atoms with Gasteiger partial charge in [0.25, 0.3) is 0 Å². The number of aryl methyl sites for hydroxylation is 1. The molecular weight excluding hydrogens is 298 g/mol. The molecular formula is C16H21N3O2S. The molecule has 22 heavy (non-hydrogen) atoms. The van der Waals surface area contributed by atoms with E-state index < -0.39 is 0 Å². The van der Waals surface area contributed by atoms with Crippen molar-refractivity contribution >= 4 is 27.4 Å². The molecule has 2 fully saturated rings. The quantitative estimate of drug-likeness (QED) is 0.875. The summed E-state index contributed by atoms with van der Waals surface area (Å²) in [5.41, 5.74) is -0.328. The standard InChI is InChI=1S/C16H21N3O2S/c1-11-9-12-14(17-10-18-15(12)22-11)19-6-4-16(5-7-19)13(20)3-2-8-21-16/h9-10,13,20H,2-8H2,1H3. The highest BCUT2D eigenvalue weighted by Crippen LogP contribution is 2.38. The minimum Gasteiger partial charge on any atom is -0.390 e. The minimum atomic E-state index is -0.328. The number of hydrogen-bond donors (Lipinski definition) is 1. The maximum absolute atomic E-state index is 10.3. The van der Waals surface area contributed by atoms with Crippen molar-refractivity contribution in [3.8, 4) is 0 Å². The van der Waals surface area contributed by atoms with Gasteiger partial charge in [-0.15, -0.1) is 11.3 Å². The Bertz CT molecular complexity index is 679. The van der Waals surface area contributed by atoms with Crippen molar-refractivity contribution in [2.45, 2.75) is 44.3 Å². The van der Waals surface area contributed by atoms with E-state index in [1.54, 1.807) is 17.7 Å². The summed E-state index contributed by atoms with van der Waals surface area (Å²) in [5, 5.41) is 11.5. The van der Waals surface area contributed by atoms with Crippen LogP contribution in [-0.2, 0) is 4.74 Å². The Morgan fingerprint density at radius 2 is 2.18 bits per heavy atom. The van der Waals surface area contributed by atoms with Gasteiger partial charge >= 0.3 is 0 Å². The lowest BCUT2D eigenvalue weighted by Crippen LogP contribution is -2.55. The maximum Gasteiger partial charge on any atom is 0.140 e. The second-order valence-electron chi connectivity index (χ2n) is 6.33. The predicted molar refractivity (Wildman–Crippen MR) is 87.5 cm³/mol. The van der Waals surface area contributed by atoms with E-state index >= 15 is 0 Å². The highest BCUT2D eigenvalue weighted by atomic mass is 32.1.